The van der Waals surface area contributed by atoms with Crippen molar-refractivity contribution < 1.29 is 23.0 Å². The number of hydrogen-bond donors (Lipinski definition) is 1. The highest BCUT2D eigenvalue weighted by Crippen LogP contribution is 2.29. The number of ether oxygens (including phenoxy) is 2. The largest absolute Gasteiger partial charge is 0.493 e. The van der Waals surface area contributed by atoms with Crippen molar-refractivity contribution >= 4 is 28.4 Å². The highest BCUT2D eigenvalue weighted by atomic mass is 19.3. The van der Waals surface area contributed by atoms with Crippen LogP contribution < -0.4 is 14.8 Å². The number of nitrogens with one attached hydrogen (secondary N) is 1. The van der Waals surface area contributed by atoms with Gasteiger partial charge in [0.2, 0.25) is 5.91 Å². The molecule has 3 aromatic rings. The number of fused-ring (bicyclic) bond motifs is 1. The van der Waals surface area contributed by atoms with Crippen molar-refractivity contribution in [2.45, 2.75) is 6.61 Å². The predicted octanol–water partition coefficient (Wildman–Crippen LogP) is 5.10. The van der Waals surface area contributed by atoms with Crippen molar-refractivity contribution in [2.24, 2.45) is 0 Å². The van der Waals surface area contributed by atoms with Gasteiger partial charge in [-0.1, -0.05) is 36.4 Å². The molecule has 0 fully saturated rings. The van der Waals surface area contributed by atoms with Crippen molar-refractivity contribution in [1.29, 1.82) is 0 Å². The lowest BCUT2D eigenvalue weighted by molar-refractivity contribution is -0.111. The Labute approximate surface area is 155 Å². The van der Waals surface area contributed by atoms with E-state index in [1.54, 1.807) is 12.1 Å². The van der Waals surface area contributed by atoms with Crippen LogP contribution in [0, 0.1) is 0 Å². The lowest BCUT2D eigenvalue weighted by atomic mass is 10.1. The molecule has 0 aromatic heterocycles. The zero-order chi connectivity index (χ0) is 19.2. The van der Waals surface area contributed by atoms with E-state index < -0.39 is 6.61 Å². The van der Waals surface area contributed by atoms with Gasteiger partial charge in [-0.15, -0.1) is 0 Å². The van der Waals surface area contributed by atoms with Crippen molar-refractivity contribution in [2.75, 3.05) is 12.4 Å². The Kier molecular flexibility index (Phi) is 5.66. The summed E-state index contributed by atoms with van der Waals surface area (Å²) >= 11 is 0. The molecular formula is C21H17F2NO3. The van der Waals surface area contributed by atoms with Crippen LogP contribution in [0.5, 0.6) is 11.5 Å². The second-order valence-corrected chi connectivity index (χ2v) is 5.67. The van der Waals surface area contributed by atoms with E-state index in [9.17, 15) is 13.6 Å². The van der Waals surface area contributed by atoms with Crippen LogP contribution in [-0.4, -0.2) is 19.6 Å². The molecule has 0 aliphatic carbocycles. The van der Waals surface area contributed by atoms with Crippen LogP contribution in [0.4, 0.5) is 14.5 Å². The Balaban J connectivity index is 1.70. The van der Waals surface area contributed by atoms with Gasteiger partial charge >= 0.3 is 6.61 Å². The molecule has 0 aliphatic heterocycles. The monoisotopic (exact) mass is 369 g/mol. The van der Waals surface area contributed by atoms with Crippen molar-refractivity contribution in [3.8, 4) is 11.5 Å². The van der Waals surface area contributed by atoms with Crippen LogP contribution >= 0.6 is 0 Å². The highest BCUT2D eigenvalue weighted by Gasteiger charge is 2.10. The van der Waals surface area contributed by atoms with Crippen molar-refractivity contribution in [1.82, 2.24) is 0 Å². The maximum atomic E-state index is 12.4. The number of carbonyl (C=O) groups excluding carboxylic acids is 1. The van der Waals surface area contributed by atoms with E-state index in [1.807, 2.05) is 42.5 Å². The molecule has 0 radical (unpaired) electrons. The van der Waals surface area contributed by atoms with E-state index in [4.69, 9.17) is 4.74 Å². The van der Waals surface area contributed by atoms with Gasteiger partial charge in [-0.05, 0) is 46.7 Å². The molecule has 0 unspecified atom stereocenters. The van der Waals surface area contributed by atoms with Crippen LogP contribution in [0.1, 0.15) is 5.56 Å². The molecule has 3 aromatic carbocycles. The molecule has 0 bridgehead atoms. The normalized spacial score (nSPS) is 11.1. The van der Waals surface area contributed by atoms with E-state index in [0.717, 1.165) is 10.8 Å². The second kappa shape index (κ2) is 8.31. The Morgan fingerprint density at radius 1 is 1.00 bits per heavy atom. The summed E-state index contributed by atoms with van der Waals surface area (Å²) in [7, 11) is 1.35. The van der Waals surface area contributed by atoms with Crippen LogP contribution in [-0.2, 0) is 4.79 Å². The van der Waals surface area contributed by atoms with Crippen LogP contribution in [0.15, 0.2) is 66.7 Å². The van der Waals surface area contributed by atoms with Gasteiger partial charge in [0.1, 0.15) is 0 Å². The molecule has 138 valence electrons. The van der Waals surface area contributed by atoms with E-state index in [0.29, 0.717) is 11.3 Å². The third kappa shape index (κ3) is 4.82. The fourth-order valence-corrected chi connectivity index (χ4v) is 2.60. The second-order valence-electron chi connectivity index (χ2n) is 5.67. The molecule has 0 heterocycles. The standard InChI is InChI=1S/C21H17F2NO3/c1-26-19-12-14(6-10-18(19)27-21(22)23)7-11-20(25)24-17-9-8-15-4-2-3-5-16(15)13-17/h2-13,21H,1H3,(H,24,25). The maximum Gasteiger partial charge on any atom is 0.387 e. The first-order chi connectivity index (χ1) is 13.0. The smallest absolute Gasteiger partial charge is 0.387 e. The maximum absolute atomic E-state index is 12.4. The van der Waals surface area contributed by atoms with Crippen molar-refractivity contribution in [3.05, 3.63) is 72.3 Å². The van der Waals surface area contributed by atoms with Gasteiger partial charge < -0.3 is 14.8 Å². The van der Waals surface area contributed by atoms with E-state index in [-0.39, 0.29) is 17.4 Å². The average Bonchev–Trinajstić information content (AvgIpc) is 2.66. The fourth-order valence-electron chi connectivity index (χ4n) is 2.60. The molecule has 0 aliphatic rings. The molecule has 4 nitrogen and oxygen atoms in total. The van der Waals surface area contributed by atoms with Gasteiger partial charge in [0.25, 0.3) is 0 Å². The predicted molar refractivity (Wildman–Crippen MR) is 101 cm³/mol. The minimum atomic E-state index is -2.94. The summed E-state index contributed by atoms with van der Waals surface area (Å²) in [5, 5.41) is 4.90. The third-order valence-corrected chi connectivity index (χ3v) is 3.85. The minimum absolute atomic E-state index is 0.0646. The number of rotatable bonds is 6. The van der Waals surface area contributed by atoms with Gasteiger partial charge in [-0.3, -0.25) is 4.79 Å². The number of halogens is 2. The van der Waals surface area contributed by atoms with Gasteiger partial charge in [0.05, 0.1) is 7.11 Å². The summed E-state index contributed by atoms with van der Waals surface area (Å²) in [4.78, 5) is 12.1. The molecular weight excluding hydrogens is 352 g/mol. The summed E-state index contributed by atoms with van der Waals surface area (Å²) in [5.74, 6) is -0.213. The Hall–Kier alpha value is -3.41. The van der Waals surface area contributed by atoms with Crippen LogP contribution in [0.3, 0.4) is 0 Å². The number of alkyl halides is 2. The first-order valence-corrected chi connectivity index (χ1v) is 8.16. The minimum Gasteiger partial charge on any atom is -0.493 e. The molecule has 0 atom stereocenters. The topological polar surface area (TPSA) is 47.6 Å². The molecule has 0 saturated carbocycles. The number of anilines is 1. The molecule has 6 heteroatoms. The van der Waals surface area contributed by atoms with E-state index in [1.165, 1.54) is 25.3 Å². The summed E-state index contributed by atoms with van der Waals surface area (Å²) < 4.78 is 34.1. The molecule has 3 rings (SSSR count). The molecule has 27 heavy (non-hydrogen) atoms. The third-order valence-electron chi connectivity index (χ3n) is 3.85. The SMILES string of the molecule is COc1cc(C=CC(=O)Nc2ccc3ccccc3c2)ccc1OC(F)F. The summed E-state index contributed by atoms with van der Waals surface area (Å²) in [5.41, 5.74) is 1.30. The summed E-state index contributed by atoms with van der Waals surface area (Å²) in [6.45, 7) is -2.94. The van der Waals surface area contributed by atoms with Gasteiger partial charge in [0, 0.05) is 11.8 Å². The Bertz CT molecular complexity index is 986. The van der Waals surface area contributed by atoms with Gasteiger partial charge in [-0.2, -0.15) is 8.78 Å². The number of benzene rings is 3. The average molecular weight is 369 g/mol. The zero-order valence-electron chi connectivity index (χ0n) is 14.5. The van der Waals surface area contributed by atoms with Crippen LogP contribution in [0.25, 0.3) is 16.8 Å². The molecule has 1 N–H and O–H groups in total. The zero-order valence-corrected chi connectivity index (χ0v) is 14.5. The number of methoxy groups -OCH3 is 1. The van der Waals surface area contributed by atoms with Gasteiger partial charge in [-0.25, -0.2) is 0 Å². The molecule has 0 spiro atoms. The van der Waals surface area contributed by atoms with Gasteiger partial charge in [0.15, 0.2) is 11.5 Å². The van der Waals surface area contributed by atoms with Crippen LogP contribution in [0.2, 0.25) is 0 Å². The summed E-state index contributed by atoms with van der Waals surface area (Å²) in [6.07, 6.45) is 2.92. The van der Waals surface area contributed by atoms with E-state index in [2.05, 4.69) is 10.1 Å². The number of amides is 1. The first-order valence-electron chi connectivity index (χ1n) is 8.16. The van der Waals surface area contributed by atoms with Crippen molar-refractivity contribution in [3.63, 3.8) is 0 Å². The molecule has 0 saturated heterocycles. The molecule has 1 amide bonds. The Morgan fingerprint density at radius 2 is 1.78 bits per heavy atom. The lowest BCUT2D eigenvalue weighted by Gasteiger charge is -2.10. The number of hydrogen-bond acceptors (Lipinski definition) is 3. The number of carbonyl (C=O) groups is 1. The quantitative estimate of drug-likeness (QED) is 0.615. The van der Waals surface area contributed by atoms with E-state index >= 15 is 0 Å². The lowest BCUT2D eigenvalue weighted by Crippen LogP contribution is -2.07. The first kappa shape index (κ1) is 18.4. The Morgan fingerprint density at radius 3 is 2.52 bits per heavy atom. The summed E-state index contributed by atoms with van der Waals surface area (Å²) in [6, 6.07) is 17.9. The highest BCUT2D eigenvalue weighted by molar-refractivity contribution is 6.03. The fraction of sp³-hybridized carbons (Fsp3) is 0.0952.